The number of nitrogens with zero attached hydrogens (tertiary/aromatic N) is 6. The van der Waals surface area contributed by atoms with Crippen LogP contribution in [0, 0.1) is 5.82 Å². The van der Waals surface area contributed by atoms with Crippen LogP contribution in [-0.2, 0) is 9.59 Å². The summed E-state index contributed by atoms with van der Waals surface area (Å²) in [6, 6.07) is 7.71. The molecule has 1 aromatic carbocycles. The summed E-state index contributed by atoms with van der Waals surface area (Å²) in [6.07, 6.45) is 3.69. The molecule has 1 aliphatic carbocycles. The van der Waals surface area contributed by atoms with Gasteiger partial charge in [-0.1, -0.05) is 38.1 Å². The smallest absolute Gasteiger partial charge is 0.349 e. The Morgan fingerprint density at radius 1 is 1.20 bits per heavy atom. The van der Waals surface area contributed by atoms with Crippen molar-refractivity contribution in [1.29, 1.82) is 0 Å². The van der Waals surface area contributed by atoms with Gasteiger partial charge in [-0.2, -0.15) is 4.98 Å². The Bertz CT molecular complexity index is 1970. The molecule has 3 aliphatic rings. The van der Waals surface area contributed by atoms with Gasteiger partial charge in [-0.05, 0) is 42.7 Å². The number of rotatable bonds is 3. The highest BCUT2D eigenvalue weighted by Gasteiger charge is 2.51. The molecule has 1 saturated heterocycles. The van der Waals surface area contributed by atoms with Crippen LogP contribution in [0.25, 0.3) is 28.0 Å². The Morgan fingerprint density at radius 3 is 2.80 bits per heavy atom. The van der Waals surface area contributed by atoms with E-state index in [-0.39, 0.29) is 63.2 Å². The first-order valence-electron chi connectivity index (χ1n) is 14.2. The van der Waals surface area contributed by atoms with Gasteiger partial charge in [0.2, 0.25) is 11.8 Å². The van der Waals surface area contributed by atoms with Gasteiger partial charge < -0.3 is 15.1 Å². The van der Waals surface area contributed by atoms with Crippen LogP contribution in [0.3, 0.4) is 0 Å². The molecule has 5 heterocycles. The number of hydrogen-bond donors (Lipinski definition) is 1. The molecule has 44 heavy (non-hydrogen) atoms. The number of piperazine rings is 1. The molecule has 2 atom stereocenters. The second-order valence-corrected chi connectivity index (χ2v) is 12.7. The van der Waals surface area contributed by atoms with E-state index in [0.717, 1.165) is 6.42 Å². The van der Waals surface area contributed by atoms with Crippen molar-refractivity contribution >= 4 is 57.7 Å². The summed E-state index contributed by atoms with van der Waals surface area (Å²) in [4.78, 5) is 58.2. The van der Waals surface area contributed by atoms with Gasteiger partial charge >= 0.3 is 5.69 Å². The lowest BCUT2D eigenvalue weighted by Gasteiger charge is -2.35. The van der Waals surface area contributed by atoms with E-state index in [2.05, 4.69) is 21.9 Å². The van der Waals surface area contributed by atoms with Crippen LogP contribution in [0.5, 0.6) is 0 Å². The fourth-order valence-electron chi connectivity index (χ4n) is 6.15. The summed E-state index contributed by atoms with van der Waals surface area (Å²) < 4.78 is 16.9. The molecule has 2 fully saturated rings. The summed E-state index contributed by atoms with van der Waals surface area (Å²) in [5.74, 6) is -0.808. The number of amides is 2. The molecule has 4 aromatic rings. The van der Waals surface area contributed by atoms with Gasteiger partial charge in [0.25, 0.3) is 0 Å². The Balaban J connectivity index is 1.54. The highest BCUT2D eigenvalue weighted by Crippen LogP contribution is 2.43. The number of thioether (sulfide) groups is 1. The number of halogens is 2. The molecule has 7 rings (SSSR count). The molecule has 2 aliphatic heterocycles. The second-order valence-electron chi connectivity index (χ2n) is 11.2. The first-order valence-corrected chi connectivity index (χ1v) is 15.6. The Kier molecular flexibility index (Phi) is 6.93. The van der Waals surface area contributed by atoms with Crippen molar-refractivity contribution in [2.24, 2.45) is 0 Å². The maximum atomic E-state index is 15.5. The predicted octanol–water partition coefficient (Wildman–Crippen LogP) is 4.78. The Hall–Kier alpha value is -4.29. The summed E-state index contributed by atoms with van der Waals surface area (Å²) >= 11 is 8.11. The van der Waals surface area contributed by atoms with Gasteiger partial charge in [-0.25, -0.2) is 18.7 Å². The maximum Gasteiger partial charge on any atom is 0.355 e. The van der Waals surface area contributed by atoms with Crippen LogP contribution in [0.4, 0.5) is 15.9 Å². The molecule has 10 nitrogen and oxygen atoms in total. The third kappa shape index (κ3) is 4.55. The van der Waals surface area contributed by atoms with Crippen molar-refractivity contribution in [2.75, 3.05) is 29.1 Å². The minimum atomic E-state index is -0.627. The summed E-state index contributed by atoms with van der Waals surface area (Å²) in [6.45, 7) is 8.43. The van der Waals surface area contributed by atoms with E-state index in [4.69, 9.17) is 16.6 Å². The second kappa shape index (κ2) is 10.7. The number of hydrogen-bond acceptors (Lipinski definition) is 8. The van der Waals surface area contributed by atoms with Gasteiger partial charge in [-0.3, -0.25) is 14.6 Å². The number of fused-ring (bicyclic) bond motifs is 6. The van der Waals surface area contributed by atoms with Gasteiger partial charge in [0.1, 0.15) is 11.6 Å². The van der Waals surface area contributed by atoms with Crippen molar-refractivity contribution in [3.05, 3.63) is 76.2 Å². The molecule has 0 radical (unpaired) electrons. The number of carbonyl (C=O) groups is 2. The quantitative estimate of drug-likeness (QED) is 0.322. The number of nitrogens with one attached hydrogen (secondary N) is 1. The first kappa shape index (κ1) is 28.5. The molecular formula is C31H27ClFN7O3S. The summed E-state index contributed by atoms with van der Waals surface area (Å²) in [5.41, 5.74) is 1.04. The van der Waals surface area contributed by atoms with E-state index in [1.165, 1.54) is 34.5 Å². The molecule has 13 heteroatoms. The average Bonchev–Trinajstić information content (AvgIpc) is 3.80. The molecule has 1 saturated carbocycles. The Labute approximate surface area is 260 Å². The first-order chi connectivity index (χ1) is 21.2. The van der Waals surface area contributed by atoms with Crippen molar-refractivity contribution in [1.82, 2.24) is 24.4 Å². The van der Waals surface area contributed by atoms with Crippen LogP contribution < -0.4 is 15.9 Å². The molecule has 3 aromatic heterocycles. The van der Waals surface area contributed by atoms with E-state index < -0.39 is 11.5 Å². The predicted molar refractivity (Wildman–Crippen MR) is 168 cm³/mol. The topological polar surface area (TPSA) is 113 Å². The Morgan fingerprint density at radius 2 is 2.02 bits per heavy atom. The van der Waals surface area contributed by atoms with Gasteiger partial charge in [0.05, 0.1) is 56.6 Å². The van der Waals surface area contributed by atoms with Gasteiger partial charge in [-0.15, -0.1) is 11.8 Å². The van der Waals surface area contributed by atoms with E-state index in [0.29, 0.717) is 40.6 Å². The number of aromatic nitrogens is 4. The molecular weight excluding hydrogens is 605 g/mol. The minimum absolute atomic E-state index is 0.000221. The third-order valence-electron chi connectivity index (χ3n) is 8.21. The zero-order valence-corrected chi connectivity index (χ0v) is 25.5. The average molecular weight is 632 g/mol. The maximum absolute atomic E-state index is 15.5. The van der Waals surface area contributed by atoms with Crippen molar-refractivity contribution < 1.29 is 14.0 Å². The van der Waals surface area contributed by atoms with Crippen LogP contribution in [0.1, 0.15) is 31.9 Å². The lowest BCUT2D eigenvalue weighted by Crippen LogP contribution is -2.49. The van der Waals surface area contributed by atoms with E-state index >= 15 is 4.39 Å². The number of anilines is 2. The fraction of sp³-hybridized carbons (Fsp3) is 0.290. The van der Waals surface area contributed by atoms with Crippen molar-refractivity contribution in [3.8, 4) is 16.9 Å². The van der Waals surface area contributed by atoms with Crippen molar-refractivity contribution in [3.63, 3.8) is 0 Å². The van der Waals surface area contributed by atoms with E-state index in [1.54, 1.807) is 29.3 Å². The standard InChI is InChI=1S/C31H27ClFN7O3S/c1-4-24(42)38-10-11-39(21-13-20(21)38)29-16-12-17(32)27-25-18(33)6-5-7-19(25)35-23(41)14-44-22-8-9-34-26(15(2)3)28(22)40(30(16)36-27)31(43)37-29/h4-9,12,15,20-21H,1,10-11,13-14H2,2-3H3,(H,35,41)/t20-,21+/m0/s1. The van der Waals surface area contributed by atoms with Crippen LogP contribution in [0.2, 0.25) is 5.02 Å². The highest BCUT2D eigenvalue weighted by molar-refractivity contribution is 8.00. The largest absolute Gasteiger partial charge is 0.355 e. The van der Waals surface area contributed by atoms with Crippen LogP contribution >= 0.6 is 23.4 Å². The minimum Gasteiger partial charge on any atom is -0.349 e. The lowest BCUT2D eigenvalue weighted by molar-refractivity contribution is -0.126. The van der Waals surface area contributed by atoms with E-state index in [9.17, 15) is 14.4 Å². The van der Waals surface area contributed by atoms with Crippen LogP contribution in [-0.4, -0.2) is 67.2 Å². The van der Waals surface area contributed by atoms with Crippen LogP contribution in [0.15, 0.2) is 58.9 Å². The number of benzene rings is 1. The summed E-state index contributed by atoms with van der Waals surface area (Å²) in [7, 11) is 0. The zero-order valence-electron chi connectivity index (χ0n) is 23.9. The molecule has 224 valence electrons. The fourth-order valence-corrected chi connectivity index (χ4v) is 7.25. The normalized spacial score (nSPS) is 19.1. The van der Waals surface area contributed by atoms with Gasteiger partial charge in [0.15, 0.2) is 5.65 Å². The molecule has 0 spiro atoms. The van der Waals surface area contributed by atoms with Crippen molar-refractivity contribution in [2.45, 2.75) is 43.2 Å². The lowest BCUT2D eigenvalue weighted by atomic mass is 10.1. The molecule has 0 unspecified atom stereocenters. The highest BCUT2D eigenvalue weighted by atomic mass is 35.5. The monoisotopic (exact) mass is 631 g/mol. The molecule has 2 bridgehead atoms. The summed E-state index contributed by atoms with van der Waals surface area (Å²) in [5, 5.41) is 3.44. The molecule has 2 amide bonds. The van der Waals surface area contributed by atoms with E-state index in [1.807, 2.05) is 18.7 Å². The SMILES string of the molecule is C=CC(=O)N1CCN(c2nc(=O)n3c4nc(c(Cl)cc24)-c2c(F)cccc2NC(=O)CSc2ccnc(C(C)C)c2-3)[C@@H]2C[C@@H]21. The number of pyridine rings is 2. The van der Waals surface area contributed by atoms with Gasteiger partial charge in [0, 0.05) is 24.2 Å². The molecule has 1 N–H and O–H groups in total. The zero-order chi connectivity index (χ0) is 30.9. The third-order valence-corrected chi connectivity index (χ3v) is 9.54. The number of carbonyl (C=O) groups excluding carboxylic acids is 2.